The van der Waals surface area contributed by atoms with E-state index in [4.69, 9.17) is 9.47 Å². The van der Waals surface area contributed by atoms with Gasteiger partial charge in [-0.05, 0) is 37.1 Å². The van der Waals surface area contributed by atoms with Crippen LogP contribution in [0.1, 0.15) is 43.2 Å². The normalized spacial score (nSPS) is 15.7. The highest BCUT2D eigenvalue weighted by Crippen LogP contribution is 2.14. The Hall–Kier alpha value is -1.43. The molecule has 0 spiro atoms. The summed E-state index contributed by atoms with van der Waals surface area (Å²) in [6.07, 6.45) is 5.72. The topological polar surface area (TPSA) is 50.8 Å². The number of methoxy groups -OCH3 is 1. The molecule has 1 aromatic carbocycles. The molecule has 0 saturated carbocycles. The maximum absolute atomic E-state index is 11.9. The van der Waals surface area contributed by atoms with E-state index in [1.165, 1.54) is 44.3 Å². The third kappa shape index (κ3) is 8.47. The minimum absolute atomic E-state index is 0.0235. The minimum Gasteiger partial charge on any atom is -0.382 e. The van der Waals surface area contributed by atoms with Crippen LogP contribution in [0.4, 0.5) is 0 Å². The average Bonchev–Trinajstić information content (AvgIpc) is 2.89. The fourth-order valence-electron chi connectivity index (χ4n) is 3.09. The van der Waals surface area contributed by atoms with E-state index in [0.29, 0.717) is 32.8 Å². The summed E-state index contributed by atoms with van der Waals surface area (Å²) in [6, 6.07) is 8.55. The largest absolute Gasteiger partial charge is 0.382 e. The Bertz CT molecular complexity index is 499. The van der Waals surface area contributed by atoms with E-state index in [9.17, 15) is 4.79 Å². The molecule has 0 aromatic heterocycles. The second-order valence-electron chi connectivity index (χ2n) is 6.64. The molecule has 2 rings (SSSR count). The molecule has 25 heavy (non-hydrogen) atoms. The number of amides is 1. The Morgan fingerprint density at radius 3 is 2.60 bits per heavy atom. The predicted molar refractivity (Wildman–Crippen MR) is 99.3 cm³/mol. The third-order valence-corrected chi connectivity index (χ3v) is 4.49. The molecular weight excluding hydrogens is 316 g/mol. The van der Waals surface area contributed by atoms with Crippen LogP contribution in [0.5, 0.6) is 0 Å². The van der Waals surface area contributed by atoms with Crippen LogP contribution in [-0.2, 0) is 27.4 Å². The summed E-state index contributed by atoms with van der Waals surface area (Å²) in [5.74, 6) is 0.0235. The first-order chi connectivity index (χ1) is 12.3. The molecule has 1 fully saturated rings. The highest BCUT2D eigenvalue weighted by Gasteiger charge is 2.10. The Morgan fingerprint density at radius 2 is 1.84 bits per heavy atom. The number of carbonyl (C=O) groups excluding carboxylic acids is 1. The van der Waals surface area contributed by atoms with E-state index in [1.807, 2.05) is 0 Å². The van der Waals surface area contributed by atoms with Gasteiger partial charge in [0.2, 0.25) is 5.91 Å². The standard InChI is InChI=1S/C20H32N2O3/c1-24-13-14-25-12-9-20(23)21-16-18-7-6-8-19(15-18)17-22-10-4-2-3-5-11-22/h6-8,15H,2-5,9-14,16-17H2,1H3,(H,21,23). The number of ether oxygens (including phenoxy) is 2. The second kappa shape index (κ2) is 12.0. The van der Waals surface area contributed by atoms with Gasteiger partial charge < -0.3 is 14.8 Å². The zero-order valence-electron chi connectivity index (χ0n) is 15.5. The van der Waals surface area contributed by atoms with Crippen molar-refractivity contribution in [2.45, 2.75) is 45.2 Å². The van der Waals surface area contributed by atoms with Crippen LogP contribution in [-0.4, -0.2) is 50.8 Å². The number of carbonyl (C=O) groups is 1. The molecule has 1 amide bonds. The lowest BCUT2D eigenvalue weighted by molar-refractivity contribution is -0.122. The highest BCUT2D eigenvalue weighted by atomic mass is 16.5. The lowest BCUT2D eigenvalue weighted by Crippen LogP contribution is -2.25. The Labute approximate surface area is 151 Å². The van der Waals surface area contributed by atoms with Crippen LogP contribution in [0.25, 0.3) is 0 Å². The summed E-state index contributed by atoms with van der Waals surface area (Å²) in [5, 5.41) is 2.97. The Morgan fingerprint density at radius 1 is 1.08 bits per heavy atom. The van der Waals surface area contributed by atoms with Gasteiger partial charge in [0.15, 0.2) is 0 Å². The van der Waals surface area contributed by atoms with Crippen molar-refractivity contribution in [1.29, 1.82) is 0 Å². The molecule has 5 heteroatoms. The van der Waals surface area contributed by atoms with Crippen molar-refractivity contribution in [2.75, 3.05) is 40.0 Å². The van der Waals surface area contributed by atoms with Crippen molar-refractivity contribution in [3.63, 3.8) is 0 Å². The fourth-order valence-corrected chi connectivity index (χ4v) is 3.09. The number of benzene rings is 1. The zero-order valence-corrected chi connectivity index (χ0v) is 15.5. The van der Waals surface area contributed by atoms with Gasteiger partial charge in [0.25, 0.3) is 0 Å². The minimum atomic E-state index is 0.0235. The molecule has 1 heterocycles. The van der Waals surface area contributed by atoms with Crippen molar-refractivity contribution >= 4 is 5.91 Å². The lowest BCUT2D eigenvalue weighted by Gasteiger charge is -2.20. The fraction of sp³-hybridized carbons (Fsp3) is 0.650. The Balaban J connectivity index is 1.70. The van der Waals surface area contributed by atoms with E-state index < -0.39 is 0 Å². The maximum Gasteiger partial charge on any atom is 0.222 e. The quantitative estimate of drug-likeness (QED) is 0.661. The predicted octanol–water partition coefficient (Wildman–Crippen LogP) is 2.73. The summed E-state index contributed by atoms with van der Waals surface area (Å²) in [7, 11) is 1.64. The monoisotopic (exact) mass is 348 g/mol. The number of rotatable bonds is 10. The van der Waals surface area contributed by atoms with Gasteiger partial charge in [-0.15, -0.1) is 0 Å². The van der Waals surface area contributed by atoms with Gasteiger partial charge in [-0.25, -0.2) is 0 Å². The first-order valence-electron chi connectivity index (χ1n) is 9.41. The number of hydrogen-bond acceptors (Lipinski definition) is 4. The van der Waals surface area contributed by atoms with Crippen LogP contribution in [0.15, 0.2) is 24.3 Å². The first-order valence-corrected chi connectivity index (χ1v) is 9.41. The van der Waals surface area contributed by atoms with E-state index in [0.717, 1.165) is 12.1 Å². The van der Waals surface area contributed by atoms with Crippen LogP contribution in [0, 0.1) is 0 Å². The van der Waals surface area contributed by atoms with Crippen LogP contribution in [0.3, 0.4) is 0 Å². The molecule has 0 unspecified atom stereocenters. The number of nitrogens with zero attached hydrogens (tertiary/aromatic N) is 1. The summed E-state index contributed by atoms with van der Waals surface area (Å²) in [5.41, 5.74) is 2.48. The van der Waals surface area contributed by atoms with Gasteiger partial charge in [0, 0.05) is 26.6 Å². The van der Waals surface area contributed by atoms with Crippen LogP contribution in [0.2, 0.25) is 0 Å². The maximum atomic E-state index is 11.9. The number of nitrogens with one attached hydrogen (secondary N) is 1. The van der Waals surface area contributed by atoms with Crippen molar-refractivity contribution in [3.05, 3.63) is 35.4 Å². The number of hydrogen-bond donors (Lipinski definition) is 1. The van der Waals surface area contributed by atoms with Gasteiger partial charge in [-0.2, -0.15) is 0 Å². The van der Waals surface area contributed by atoms with E-state index in [1.54, 1.807) is 7.11 Å². The summed E-state index contributed by atoms with van der Waals surface area (Å²) < 4.78 is 10.2. The summed E-state index contributed by atoms with van der Waals surface area (Å²) in [6.45, 7) is 5.51. The van der Waals surface area contributed by atoms with Crippen molar-refractivity contribution in [3.8, 4) is 0 Å². The first kappa shape index (κ1) is 19.9. The molecule has 1 aliphatic heterocycles. The molecule has 0 aliphatic carbocycles. The van der Waals surface area contributed by atoms with E-state index in [2.05, 4.69) is 34.5 Å². The molecule has 0 atom stereocenters. The van der Waals surface area contributed by atoms with Gasteiger partial charge in [0.1, 0.15) is 0 Å². The molecule has 0 bridgehead atoms. The van der Waals surface area contributed by atoms with Gasteiger partial charge in [-0.1, -0.05) is 37.1 Å². The molecular formula is C20H32N2O3. The van der Waals surface area contributed by atoms with Gasteiger partial charge in [0.05, 0.1) is 19.8 Å². The van der Waals surface area contributed by atoms with E-state index in [-0.39, 0.29) is 5.91 Å². The zero-order chi connectivity index (χ0) is 17.7. The van der Waals surface area contributed by atoms with Crippen molar-refractivity contribution in [2.24, 2.45) is 0 Å². The molecule has 140 valence electrons. The molecule has 1 saturated heterocycles. The number of likely N-dealkylation sites (tertiary alicyclic amines) is 1. The molecule has 0 radical (unpaired) electrons. The van der Waals surface area contributed by atoms with Crippen molar-refractivity contribution in [1.82, 2.24) is 10.2 Å². The molecule has 1 aliphatic rings. The van der Waals surface area contributed by atoms with E-state index >= 15 is 0 Å². The van der Waals surface area contributed by atoms with Crippen LogP contribution >= 0.6 is 0 Å². The molecule has 1 aromatic rings. The van der Waals surface area contributed by atoms with Gasteiger partial charge in [-0.3, -0.25) is 9.69 Å². The van der Waals surface area contributed by atoms with Crippen LogP contribution < -0.4 is 5.32 Å². The summed E-state index contributed by atoms with van der Waals surface area (Å²) >= 11 is 0. The SMILES string of the molecule is COCCOCCC(=O)NCc1cccc(CN2CCCCCC2)c1. The third-order valence-electron chi connectivity index (χ3n) is 4.49. The van der Waals surface area contributed by atoms with Crippen molar-refractivity contribution < 1.29 is 14.3 Å². The average molecular weight is 348 g/mol. The lowest BCUT2D eigenvalue weighted by atomic mass is 10.1. The second-order valence-corrected chi connectivity index (χ2v) is 6.64. The summed E-state index contributed by atoms with van der Waals surface area (Å²) in [4.78, 5) is 14.4. The highest BCUT2D eigenvalue weighted by molar-refractivity contribution is 5.75. The smallest absolute Gasteiger partial charge is 0.222 e. The Kier molecular flexibility index (Phi) is 9.55. The molecule has 1 N–H and O–H groups in total. The van der Waals surface area contributed by atoms with Gasteiger partial charge >= 0.3 is 0 Å². The molecule has 5 nitrogen and oxygen atoms in total.